The van der Waals surface area contributed by atoms with Crippen LogP contribution >= 0.6 is 12.6 Å². The Morgan fingerprint density at radius 2 is 2.07 bits per heavy atom. The van der Waals surface area contributed by atoms with E-state index in [1.165, 1.54) is 12.1 Å². The van der Waals surface area contributed by atoms with Crippen molar-refractivity contribution < 1.29 is 4.39 Å². The maximum Gasteiger partial charge on any atom is 0.123 e. The van der Waals surface area contributed by atoms with Crippen LogP contribution < -0.4 is 0 Å². The number of aromatic nitrogens is 2. The van der Waals surface area contributed by atoms with Crippen LogP contribution in [0.2, 0.25) is 0 Å². The Kier molecular flexibility index (Phi) is 2.52. The molecule has 4 heteroatoms. The van der Waals surface area contributed by atoms with Crippen molar-refractivity contribution in [2.75, 3.05) is 0 Å². The molecule has 0 unspecified atom stereocenters. The van der Waals surface area contributed by atoms with Crippen molar-refractivity contribution in [1.29, 1.82) is 0 Å². The van der Waals surface area contributed by atoms with E-state index in [1.807, 2.05) is 18.4 Å². The van der Waals surface area contributed by atoms with Crippen molar-refractivity contribution in [2.45, 2.75) is 18.9 Å². The monoisotopic (exact) mass is 222 g/mol. The van der Waals surface area contributed by atoms with Crippen molar-refractivity contribution in [1.82, 2.24) is 9.55 Å². The van der Waals surface area contributed by atoms with Crippen molar-refractivity contribution in [2.24, 2.45) is 0 Å². The van der Waals surface area contributed by atoms with Gasteiger partial charge in [-0.1, -0.05) is 0 Å². The molecule has 0 aliphatic carbocycles. The third-order valence-corrected chi connectivity index (χ3v) is 2.84. The van der Waals surface area contributed by atoms with Crippen molar-refractivity contribution in [3.05, 3.63) is 41.6 Å². The lowest BCUT2D eigenvalue weighted by atomic mass is 10.2. The van der Waals surface area contributed by atoms with Gasteiger partial charge in [-0.3, -0.25) is 0 Å². The number of hydrogen-bond acceptors (Lipinski definition) is 2. The highest BCUT2D eigenvalue weighted by Gasteiger charge is 2.07. The number of hydrogen-bond donors (Lipinski definition) is 1. The molecule has 0 radical (unpaired) electrons. The summed E-state index contributed by atoms with van der Waals surface area (Å²) in [7, 11) is 0. The van der Waals surface area contributed by atoms with Gasteiger partial charge >= 0.3 is 0 Å². The first-order chi connectivity index (χ1) is 7.09. The van der Waals surface area contributed by atoms with Crippen LogP contribution in [0.3, 0.4) is 0 Å². The maximum absolute atomic E-state index is 12.9. The van der Waals surface area contributed by atoms with E-state index in [4.69, 9.17) is 0 Å². The number of imidazole rings is 1. The molecule has 1 aromatic heterocycles. The first kappa shape index (κ1) is 10.2. The van der Waals surface area contributed by atoms with E-state index in [9.17, 15) is 4.39 Å². The van der Waals surface area contributed by atoms with Crippen LogP contribution in [0.4, 0.5) is 4.39 Å². The number of benzene rings is 1. The molecule has 2 rings (SSSR count). The van der Waals surface area contributed by atoms with Crippen molar-refractivity contribution >= 4 is 12.6 Å². The Hall–Kier alpha value is -1.29. The molecule has 0 aliphatic heterocycles. The molecule has 0 bridgehead atoms. The molecule has 0 aliphatic rings. The molecule has 15 heavy (non-hydrogen) atoms. The average molecular weight is 222 g/mol. The van der Waals surface area contributed by atoms with Crippen LogP contribution in [0.1, 0.15) is 11.3 Å². The van der Waals surface area contributed by atoms with E-state index in [1.54, 1.807) is 12.4 Å². The fourth-order valence-electron chi connectivity index (χ4n) is 1.53. The molecule has 2 aromatic rings. The standard InChI is InChI=1S/C11H11FN2S/c1-7-5-9(12)3-4-10(7)14-6-13-11(15)8(14)2/h3-6,15H,1-2H3. The average Bonchev–Trinajstić information content (AvgIpc) is 2.49. The minimum absolute atomic E-state index is 0.222. The van der Waals surface area contributed by atoms with Gasteiger partial charge in [-0.2, -0.15) is 0 Å². The summed E-state index contributed by atoms with van der Waals surface area (Å²) in [5.41, 5.74) is 2.76. The molecule has 1 aromatic carbocycles. The summed E-state index contributed by atoms with van der Waals surface area (Å²) in [6, 6.07) is 4.69. The predicted molar refractivity (Wildman–Crippen MR) is 60.2 cm³/mol. The normalized spacial score (nSPS) is 10.7. The largest absolute Gasteiger partial charge is 0.302 e. The van der Waals surface area contributed by atoms with E-state index < -0.39 is 0 Å². The number of thiol groups is 1. The first-order valence-electron chi connectivity index (χ1n) is 4.59. The number of aryl methyl sites for hydroxylation is 1. The van der Waals surface area contributed by atoms with Crippen LogP contribution in [0.5, 0.6) is 0 Å². The molecule has 0 saturated carbocycles. The highest BCUT2D eigenvalue weighted by Crippen LogP contribution is 2.20. The Balaban J connectivity index is 2.59. The van der Waals surface area contributed by atoms with E-state index in [0.717, 1.165) is 16.9 Å². The van der Waals surface area contributed by atoms with Gasteiger partial charge < -0.3 is 4.57 Å². The van der Waals surface area contributed by atoms with Crippen molar-refractivity contribution in [3.63, 3.8) is 0 Å². The highest BCUT2D eigenvalue weighted by molar-refractivity contribution is 7.80. The molecule has 1 heterocycles. The topological polar surface area (TPSA) is 17.8 Å². The summed E-state index contributed by atoms with van der Waals surface area (Å²) < 4.78 is 14.8. The van der Waals surface area contributed by atoms with Crippen LogP contribution in [-0.2, 0) is 0 Å². The molecule has 0 fully saturated rings. The molecular formula is C11H11FN2S. The number of rotatable bonds is 1. The van der Waals surface area contributed by atoms with Gasteiger partial charge in [-0.05, 0) is 37.6 Å². The quantitative estimate of drug-likeness (QED) is 0.734. The Morgan fingerprint density at radius 3 is 2.60 bits per heavy atom. The molecule has 78 valence electrons. The lowest BCUT2D eigenvalue weighted by Gasteiger charge is -2.08. The molecule has 2 nitrogen and oxygen atoms in total. The third kappa shape index (κ3) is 1.77. The highest BCUT2D eigenvalue weighted by atomic mass is 32.1. The van der Waals surface area contributed by atoms with E-state index in [-0.39, 0.29) is 5.82 Å². The van der Waals surface area contributed by atoms with Gasteiger partial charge in [0.05, 0.1) is 5.69 Å². The second kappa shape index (κ2) is 3.70. The van der Waals surface area contributed by atoms with Gasteiger partial charge in [0.15, 0.2) is 0 Å². The minimum Gasteiger partial charge on any atom is -0.302 e. The smallest absolute Gasteiger partial charge is 0.123 e. The van der Waals surface area contributed by atoms with Crippen LogP contribution in [0.15, 0.2) is 29.6 Å². The first-order valence-corrected chi connectivity index (χ1v) is 5.04. The number of halogens is 1. The minimum atomic E-state index is -0.222. The SMILES string of the molecule is Cc1cc(F)ccc1-n1cnc(S)c1C. The fourth-order valence-corrected chi connectivity index (χ4v) is 1.69. The molecule has 0 N–H and O–H groups in total. The zero-order valence-electron chi connectivity index (χ0n) is 8.53. The maximum atomic E-state index is 12.9. The summed E-state index contributed by atoms with van der Waals surface area (Å²) in [5, 5.41) is 0.693. The summed E-state index contributed by atoms with van der Waals surface area (Å²) in [4.78, 5) is 4.09. The van der Waals surface area contributed by atoms with Gasteiger partial charge in [0.1, 0.15) is 17.2 Å². The summed E-state index contributed by atoms with van der Waals surface area (Å²) in [6.45, 7) is 3.80. The van der Waals surface area contributed by atoms with E-state index in [0.29, 0.717) is 5.03 Å². The summed E-state index contributed by atoms with van der Waals surface area (Å²) in [6.07, 6.45) is 1.69. The molecule has 0 saturated heterocycles. The zero-order valence-corrected chi connectivity index (χ0v) is 9.42. The van der Waals surface area contributed by atoms with E-state index >= 15 is 0 Å². The lowest BCUT2D eigenvalue weighted by molar-refractivity contribution is 0.626. The lowest BCUT2D eigenvalue weighted by Crippen LogP contribution is -1.98. The Bertz CT molecular complexity index is 505. The Labute approximate surface area is 93.2 Å². The molecule has 0 spiro atoms. The molecule has 0 amide bonds. The zero-order chi connectivity index (χ0) is 11.0. The van der Waals surface area contributed by atoms with Crippen LogP contribution in [0, 0.1) is 19.7 Å². The number of nitrogens with zero attached hydrogens (tertiary/aromatic N) is 2. The van der Waals surface area contributed by atoms with Gasteiger partial charge in [-0.15, -0.1) is 12.6 Å². The van der Waals surface area contributed by atoms with Gasteiger partial charge in [0.2, 0.25) is 0 Å². The van der Waals surface area contributed by atoms with Gasteiger partial charge in [0, 0.05) is 5.69 Å². The van der Waals surface area contributed by atoms with Gasteiger partial charge in [0.25, 0.3) is 0 Å². The van der Waals surface area contributed by atoms with E-state index in [2.05, 4.69) is 17.6 Å². The van der Waals surface area contributed by atoms with Crippen LogP contribution in [-0.4, -0.2) is 9.55 Å². The van der Waals surface area contributed by atoms with Crippen LogP contribution in [0.25, 0.3) is 5.69 Å². The summed E-state index contributed by atoms with van der Waals surface area (Å²) in [5.74, 6) is -0.222. The summed E-state index contributed by atoms with van der Waals surface area (Å²) >= 11 is 4.22. The second-order valence-corrected chi connectivity index (χ2v) is 3.88. The molecule has 0 atom stereocenters. The Morgan fingerprint density at radius 1 is 1.33 bits per heavy atom. The second-order valence-electron chi connectivity index (χ2n) is 3.45. The molecular weight excluding hydrogens is 211 g/mol. The van der Waals surface area contributed by atoms with Crippen molar-refractivity contribution in [3.8, 4) is 5.69 Å². The van der Waals surface area contributed by atoms with Gasteiger partial charge in [-0.25, -0.2) is 9.37 Å². The predicted octanol–water partition coefficient (Wildman–Crippen LogP) is 2.92. The third-order valence-electron chi connectivity index (χ3n) is 2.40. The fraction of sp³-hybridized carbons (Fsp3) is 0.182.